The molecular weight excluding hydrogens is 368 g/mol. The highest BCUT2D eigenvalue weighted by molar-refractivity contribution is 5.97. The van der Waals surface area contributed by atoms with Crippen LogP contribution in [0.1, 0.15) is 43.4 Å². The quantitative estimate of drug-likeness (QED) is 0.832. The number of carbonyl (C=O) groups is 2. The highest BCUT2D eigenvalue weighted by atomic mass is 16.5. The minimum atomic E-state index is -0.251. The number of benzene rings is 1. The van der Waals surface area contributed by atoms with Gasteiger partial charge < -0.3 is 20.3 Å². The van der Waals surface area contributed by atoms with E-state index in [4.69, 9.17) is 4.74 Å². The van der Waals surface area contributed by atoms with Crippen molar-refractivity contribution in [1.29, 1.82) is 0 Å². The Morgan fingerprint density at radius 2 is 2.07 bits per heavy atom. The molecule has 2 atom stereocenters. The molecule has 7 heteroatoms. The van der Waals surface area contributed by atoms with E-state index in [1.165, 1.54) is 0 Å². The van der Waals surface area contributed by atoms with E-state index in [0.717, 1.165) is 35.3 Å². The first-order chi connectivity index (χ1) is 14.2. The van der Waals surface area contributed by atoms with E-state index in [2.05, 4.69) is 15.6 Å². The number of fused-ring (bicyclic) bond motifs is 1. The molecule has 1 aromatic heterocycles. The van der Waals surface area contributed by atoms with Gasteiger partial charge in [0.1, 0.15) is 6.10 Å². The molecule has 2 aromatic rings. The summed E-state index contributed by atoms with van der Waals surface area (Å²) in [6.45, 7) is 3.31. The zero-order chi connectivity index (χ0) is 20.2. The Morgan fingerprint density at radius 3 is 2.86 bits per heavy atom. The minimum absolute atomic E-state index is 0.100. The summed E-state index contributed by atoms with van der Waals surface area (Å²) in [5, 5.41) is 6.00. The third-order valence-electron chi connectivity index (χ3n) is 5.53. The zero-order valence-corrected chi connectivity index (χ0v) is 16.6. The largest absolute Gasteiger partial charge is 0.371 e. The van der Waals surface area contributed by atoms with Crippen LogP contribution in [0.5, 0.6) is 0 Å². The second-order valence-corrected chi connectivity index (χ2v) is 7.40. The van der Waals surface area contributed by atoms with Crippen LogP contribution in [0, 0.1) is 0 Å². The molecule has 152 valence electrons. The van der Waals surface area contributed by atoms with Crippen molar-refractivity contribution in [2.75, 3.05) is 23.4 Å². The Morgan fingerprint density at radius 1 is 1.24 bits per heavy atom. The van der Waals surface area contributed by atoms with Crippen LogP contribution in [0.4, 0.5) is 16.2 Å². The van der Waals surface area contributed by atoms with Gasteiger partial charge in [-0.3, -0.25) is 9.78 Å². The van der Waals surface area contributed by atoms with Crippen molar-refractivity contribution < 1.29 is 14.3 Å². The molecule has 1 saturated heterocycles. The van der Waals surface area contributed by atoms with Crippen LogP contribution in [0.25, 0.3) is 0 Å². The number of rotatable bonds is 4. The molecule has 7 nitrogen and oxygen atoms in total. The molecule has 2 N–H and O–H groups in total. The lowest BCUT2D eigenvalue weighted by molar-refractivity contribution is -0.118. The highest BCUT2D eigenvalue weighted by Crippen LogP contribution is 2.31. The van der Waals surface area contributed by atoms with Crippen molar-refractivity contribution >= 4 is 23.3 Å². The summed E-state index contributed by atoms with van der Waals surface area (Å²) in [6, 6.07) is 9.21. The number of amides is 3. The molecule has 3 heterocycles. The fourth-order valence-electron chi connectivity index (χ4n) is 4.13. The third-order valence-corrected chi connectivity index (χ3v) is 5.53. The van der Waals surface area contributed by atoms with Gasteiger partial charge in [0, 0.05) is 43.3 Å². The van der Waals surface area contributed by atoms with Crippen LogP contribution < -0.4 is 15.5 Å². The van der Waals surface area contributed by atoms with E-state index >= 15 is 0 Å². The lowest BCUT2D eigenvalue weighted by Crippen LogP contribution is -2.44. The van der Waals surface area contributed by atoms with Crippen LogP contribution in [0.3, 0.4) is 0 Å². The molecule has 29 heavy (non-hydrogen) atoms. The molecule has 1 fully saturated rings. The van der Waals surface area contributed by atoms with Gasteiger partial charge in [-0.05, 0) is 67.6 Å². The number of carbonyl (C=O) groups excluding carboxylic acids is 2. The summed E-state index contributed by atoms with van der Waals surface area (Å²) in [7, 11) is 0. The molecular formula is C22H26N4O3. The number of nitrogens with zero attached hydrogens (tertiary/aromatic N) is 2. The molecule has 0 aliphatic carbocycles. The molecule has 0 spiro atoms. The highest BCUT2D eigenvalue weighted by Gasteiger charge is 2.29. The lowest BCUT2D eigenvalue weighted by atomic mass is 9.97. The number of aromatic nitrogens is 1. The number of pyridine rings is 1. The van der Waals surface area contributed by atoms with Crippen LogP contribution in [0.2, 0.25) is 0 Å². The Labute approximate surface area is 170 Å². The van der Waals surface area contributed by atoms with Gasteiger partial charge in [0.2, 0.25) is 5.91 Å². The van der Waals surface area contributed by atoms with Crippen molar-refractivity contribution in [2.45, 2.75) is 44.8 Å². The van der Waals surface area contributed by atoms with Gasteiger partial charge in [-0.25, -0.2) is 4.79 Å². The van der Waals surface area contributed by atoms with Crippen molar-refractivity contribution in [3.05, 3.63) is 53.9 Å². The Bertz CT molecular complexity index is 887. The smallest absolute Gasteiger partial charge is 0.319 e. The average Bonchev–Trinajstić information content (AvgIpc) is 2.75. The van der Waals surface area contributed by atoms with Crippen molar-refractivity contribution in [3.8, 4) is 0 Å². The van der Waals surface area contributed by atoms with E-state index in [1.807, 2.05) is 37.3 Å². The Kier molecular flexibility index (Phi) is 5.76. The molecule has 0 saturated carbocycles. The van der Waals surface area contributed by atoms with Gasteiger partial charge in [-0.1, -0.05) is 0 Å². The van der Waals surface area contributed by atoms with Crippen molar-refractivity contribution in [1.82, 2.24) is 10.3 Å². The number of anilines is 2. The lowest BCUT2D eigenvalue weighted by Gasteiger charge is -2.32. The van der Waals surface area contributed by atoms with Gasteiger partial charge in [0.15, 0.2) is 0 Å². The van der Waals surface area contributed by atoms with Crippen LogP contribution in [0.15, 0.2) is 42.7 Å². The van der Waals surface area contributed by atoms with Gasteiger partial charge in [0.25, 0.3) is 0 Å². The summed E-state index contributed by atoms with van der Waals surface area (Å²) in [6.07, 6.45) is 6.27. The van der Waals surface area contributed by atoms with Gasteiger partial charge in [-0.15, -0.1) is 0 Å². The number of aryl methyl sites for hydroxylation is 1. The Hall–Kier alpha value is -2.93. The van der Waals surface area contributed by atoms with Crippen molar-refractivity contribution in [3.63, 3.8) is 0 Å². The summed E-state index contributed by atoms with van der Waals surface area (Å²) in [4.78, 5) is 30.5. The summed E-state index contributed by atoms with van der Waals surface area (Å²) >= 11 is 0. The molecule has 1 aromatic carbocycles. The minimum Gasteiger partial charge on any atom is -0.371 e. The number of ether oxygens (including phenoxy) is 1. The molecule has 2 aliphatic heterocycles. The molecule has 0 radical (unpaired) electrons. The normalized spacial score (nSPS) is 21.4. The van der Waals surface area contributed by atoms with Crippen LogP contribution in [-0.4, -0.2) is 36.1 Å². The van der Waals surface area contributed by atoms with Gasteiger partial charge in [-0.2, -0.15) is 0 Å². The summed E-state index contributed by atoms with van der Waals surface area (Å²) in [5.41, 5.74) is 3.76. The molecule has 4 rings (SSSR count). The molecule has 0 bridgehead atoms. The molecule has 3 amide bonds. The SMILES string of the molecule is CCN1C(=O)CCc2cc(NC(=O)N[C@H]3CCCO[C@@H]3c3ccncc3)ccc21. The van der Waals surface area contributed by atoms with E-state index in [-0.39, 0.29) is 24.1 Å². The first kappa shape index (κ1) is 19.4. The summed E-state index contributed by atoms with van der Waals surface area (Å²) in [5.74, 6) is 0.151. The standard InChI is InChI=1S/C22H26N4O3/c1-2-26-19-7-6-17(14-16(19)5-8-20(26)27)24-22(28)25-18-4-3-13-29-21(18)15-9-11-23-12-10-15/h6-7,9-12,14,18,21H,2-5,8,13H2,1H3,(H2,24,25,28)/t18-,21+/m0/s1. The van der Waals surface area contributed by atoms with E-state index in [1.54, 1.807) is 17.3 Å². The second kappa shape index (κ2) is 8.61. The fraction of sp³-hybridized carbons (Fsp3) is 0.409. The topological polar surface area (TPSA) is 83.6 Å². The third kappa shape index (κ3) is 4.24. The first-order valence-corrected chi connectivity index (χ1v) is 10.2. The Balaban J connectivity index is 1.43. The molecule has 2 aliphatic rings. The van der Waals surface area contributed by atoms with Crippen LogP contribution in [-0.2, 0) is 16.0 Å². The maximum atomic E-state index is 12.6. The number of nitrogens with one attached hydrogen (secondary N) is 2. The maximum absolute atomic E-state index is 12.6. The van der Waals surface area contributed by atoms with Gasteiger partial charge >= 0.3 is 6.03 Å². The summed E-state index contributed by atoms with van der Waals surface area (Å²) < 4.78 is 5.93. The monoisotopic (exact) mass is 394 g/mol. The second-order valence-electron chi connectivity index (χ2n) is 7.40. The molecule has 0 unspecified atom stereocenters. The van der Waals surface area contributed by atoms with Gasteiger partial charge in [0.05, 0.1) is 6.04 Å². The fourth-order valence-corrected chi connectivity index (χ4v) is 4.13. The number of hydrogen-bond acceptors (Lipinski definition) is 4. The van der Waals surface area contributed by atoms with Crippen molar-refractivity contribution in [2.24, 2.45) is 0 Å². The predicted octanol–water partition coefficient (Wildman–Crippen LogP) is 3.42. The van der Waals surface area contributed by atoms with E-state index in [9.17, 15) is 9.59 Å². The maximum Gasteiger partial charge on any atom is 0.319 e. The van der Waals surface area contributed by atoms with E-state index in [0.29, 0.717) is 26.0 Å². The number of hydrogen-bond donors (Lipinski definition) is 2. The first-order valence-electron chi connectivity index (χ1n) is 10.2. The van der Waals surface area contributed by atoms with E-state index < -0.39 is 0 Å². The van der Waals surface area contributed by atoms with Crippen LogP contribution >= 0.6 is 0 Å². The zero-order valence-electron chi connectivity index (χ0n) is 16.6. The number of urea groups is 1. The predicted molar refractivity (Wildman–Crippen MR) is 111 cm³/mol. The average molecular weight is 394 g/mol.